The maximum atomic E-state index is 4.93. The van der Waals surface area contributed by atoms with Gasteiger partial charge in [0.15, 0.2) is 0 Å². The maximum absolute atomic E-state index is 4.93. The zero-order chi connectivity index (χ0) is 9.68. The zero-order valence-corrected chi connectivity index (χ0v) is 7.94. The summed E-state index contributed by atoms with van der Waals surface area (Å²) in [5, 5.41) is 3.79. The van der Waals surface area contributed by atoms with Gasteiger partial charge in [-0.15, -0.1) is 0 Å². The normalized spacial score (nSPS) is 11.2. The summed E-state index contributed by atoms with van der Waals surface area (Å²) in [6, 6.07) is 3.66. The Morgan fingerprint density at radius 2 is 2.15 bits per heavy atom. The molecule has 0 radical (unpaired) electrons. The molecule has 4 nitrogen and oxygen atoms in total. The first-order valence-corrected chi connectivity index (χ1v) is 3.86. The Kier molecular flexibility index (Phi) is 3.25. The summed E-state index contributed by atoms with van der Waals surface area (Å²) < 4.78 is 4.93. The van der Waals surface area contributed by atoms with E-state index in [0.29, 0.717) is 5.88 Å². The van der Waals surface area contributed by atoms with Crippen LogP contribution >= 0.6 is 0 Å². The second-order valence-electron chi connectivity index (χ2n) is 2.45. The lowest BCUT2D eigenvalue weighted by atomic mass is 10.2. The first kappa shape index (κ1) is 9.51. The molecule has 0 N–H and O–H groups in total. The first-order valence-electron chi connectivity index (χ1n) is 3.86. The van der Waals surface area contributed by atoms with E-state index in [2.05, 4.69) is 15.0 Å². The molecule has 0 unspecified atom stereocenters. The van der Waals surface area contributed by atoms with Crippen molar-refractivity contribution in [1.82, 2.24) is 4.98 Å². The van der Waals surface area contributed by atoms with Crippen LogP contribution in [0.15, 0.2) is 23.5 Å². The minimum atomic E-state index is 0.592. The van der Waals surface area contributed by atoms with Gasteiger partial charge in [0.05, 0.1) is 12.8 Å². The molecule has 0 saturated carbocycles. The minimum Gasteiger partial charge on any atom is -0.481 e. The molecule has 1 heterocycles. The number of ether oxygens (including phenoxy) is 1. The van der Waals surface area contributed by atoms with Crippen molar-refractivity contribution in [3.63, 3.8) is 0 Å². The van der Waals surface area contributed by atoms with Crippen LogP contribution in [-0.4, -0.2) is 24.9 Å². The number of hydrogen-bond donors (Lipinski definition) is 0. The molecule has 1 rings (SSSR count). The molecule has 0 aliphatic rings. The van der Waals surface area contributed by atoms with E-state index in [1.807, 2.05) is 13.0 Å². The molecule has 13 heavy (non-hydrogen) atoms. The number of pyridine rings is 1. The lowest BCUT2D eigenvalue weighted by Gasteiger charge is -2.00. The van der Waals surface area contributed by atoms with Gasteiger partial charge < -0.3 is 9.57 Å². The van der Waals surface area contributed by atoms with Gasteiger partial charge in [-0.25, -0.2) is 4.98 Å². The van der Waals surface area contributed by atoms with E-state index in [0.717, 1.165) is 11.3 Å². The molecule has 4 heteroatoms. The Hall–Kier alpha value is -1.58. The number of nitrogens with zero attached hydrogens (tertiary/aromatic N) is 2. The van der Waals surface area contributed by atoms with Crippen LogP contribution in [0.25, 0.3) is 0 Å². The number of methoxy groups -OCH3 is 1. The Morgan fingerprint density at radius 3 is 2.62 bits per heavy atom. The van der Waals surface area contributed by atoms with Gasteiger partial charge in [-0.1, -0.05) is 5.16 Å². The van der Waals surface area contributed by atoms with Gasteiger partial charge in [0, 0.05) is 17.8 Å². The Balaban J connectivity index is 2.85. The van der Waals surface area contributed by atoms with Gasteiger partial charge in [0.25, 0.3) is 0 Å². The third-order valence-corrected chi connectivity index (χ3v) is 1.59. The average Bonchev–Trinajstić information content (AvgIpc) is 2.18. The van der Waals surface area contributed by atoms with E-state index >= 15 is 0 Å². The summed E-state index contributed by atoms with van der Waals surface area (Å²) in [7, 11) is 3.10. The monoisotopic (exact) mass is 180 g/mol. The summed E-state index contributed by atoms with van der Waals surface area (Å²) in [4.78, 5) is 8.69. The van der Waals surface area contributed by atoms with E-state index in [9.17, 15) is 0 Å². The van der Waals surface area contributed by atoms with E-state index in [-0.39, 0.29) is 0 Å². The van der Waals surface area contributed by atoms with Crippen LogP contribution in [0.1, 0.15) is 12.5 Å². The van der Waals surface area contributed by atoms with Crippen LogP contribution in [0, 0.1) is 0 Å². The lowest BCUT2D eigenvalue weighted by molar-refractivity contribution is 0.213. The summed E-state index contributed by atoms with van der Waals surface area (Å²) in [6.07, 6.45) is 1.69. The van der Waals surface area contributed by atoms with Gasteiger partial charge in [0.2, 0.25) is 5.88 Å². The standard InChI is InChI=1S/C9H12N2O2/c1-7(11-13-3)8-4-5-9(12-2)10-6-8/h4-6H,1-3H3. The summed E-state index contributed by atoms with van der Waals surface area (Å²) in [6.45, 7) is 1.85. The van der Waals surface area contributed by atoms with Crippen molar-refractivity contribution in [3.8, 4) is 5.88 Å². The third-order valence-electron chi connectivity index (χ3n) is 1.59. The molecular weight excluding hydrogens is 168 g/mol. The molecule has 1 aromatic rings. The highest BCUT2D eigenvalue weighted by atomic mass is 16.6. The topological polar surface area (TPSA) is 43.7 Å². The lowest BCUT2D eigenvalue weighted by Crippen LogP contribution is -1.97. The third kappa shape index (κ3) is 2.43. The van der Waals surface area contributed by atoms with Gasteiger partial charge in [0.1, 0.15) is 7.11 Å². The van der Waals surface area contributed by atoms with Crippen molar-refractivity contribution in [3.05, 3.63) is 23.9 Å². The molecule has 70 valence electrons. The van der Waals surface area contributed by atoms with Crippen LogP contribution < -0.4 is 4.74 Å². The Morgan fingerprint density at radius 1 is 1.38 bits per heavy atom. The van der Waals surface area contributed by atoms with Crippen LogP contribution in [-0.2, 0) is 4.84 Å². The largest absolute Gasteiger partial charge is 0.481 e. The number of hydrogen-bond acceptors (Lipinski definition) is 4. The molecule has 0 saturated heterocycles. The summed E-state index contributed by atoms with van der Waals surface area (Å²) >= 11 is 0. The zero-order valence-electron chi connectivity index (χ0n) is 7.94. The second-order valence-corrected chi connectivity index (χ2v) is 2.45. The number of oxime groups is 1. The molecule has 0 spiro atoms. The van der Waals surface area contributed by atoms with Gasteiger partial charge in [-0.3, -0.25) is 0 Å². The highest BCUT2D eigenvalue weighted by Gasteiger charge is 1.98. The SMILES string of the molecule is CON=C(C)c1ccc(OC)nc1. The van der Waals surface area contributed by atoms with Crippen LogP contribution in [0.3, 0.4) is 0 Å². The molecule has 1 aromatic heterocycles. The van der Waals surface area contributed by atoms with Crippen molar-refractivity contribution < 1.29 is 9.57 Å². The molecule has 0 aliphatic heterocycles. The number of aromatic nitrogens is 1. The minimum absolute atomic E-state index is 0.592. The fourth-order valence-electron chi connectivity index (χ4n) is 0.905. The Labute approximate surface area is 77.2 Å². The van der Waals surface area contributed by atoms with E-state index < -0.39 is 0 Å². The quantitative estimate of drug-likeness (QED) is 0.522. The van der Waals surface area contributed by atoms with Gasteiger partial charge in [-0.05, 0) is 13.0 Å². The molecule has 0 atom stereocenters. The van der Waals surface area contributed by atoms with Crippen LogP contribution in [0.5, 0.6) is 5.88 Å². The van der Waals surface area contributed by atoms with Crippen molar-refractivity contribution in [2.45, 2.75) is 6.92 Å². The van der Waals surface area contributed by atoms with E-state index in [1.54, 1.807) is 19.4 Å². The highest BCUT2D eigenvalue weighted by Crippen LogP contribution is 2.07. The molecular formula is C9H12N2O2. The molecule has 0 amide bonds. The maximum Gasteiger partial charge on any atom is 0.212 e. The number of rotatable bonds is 3. The van der Waals surface area contributed by atoms with E-state index in [4.69, 9.17) is 4.74 Å². The summed E-state index contributed by atoms with van der Waals surface area (Å²) in [5.41, 5.74) is 1.71. The van der Waals surface area contributed by atoms with Gasteiger partial charge >= 0.3 is 0 Å². The summed E-state index contributed by atoms with van der Waals surface area (Å²) in [5.74, 6) is 0.592. The highest BCUT2D eigenvalue weighted by molar-refractivity contribution is 5.98. The van der Waals surface area contributed by atoms with E-state index in [1.165, 1.54) is 7.11 Å². The van der Waals surface area contributed by atoms with Crippen molar-refractivity contribution in [1.29, 1.82) is 0 Å². The second kappa shape index (κ2) is 4.45. The fourth-order valence-corrected chi connectivity index (χ4v) is 0.905. The van der Waals surface area contributed by atoms with Crippen molar-refractivity contribution in [2.75, 3.05) is 14.2 Å². The molecule has 0 bridgehead atoms. The van der Waals surface area contributed by atoms with Crippen LogP contribution in [0.2, 0.25) is 0 Å². The van der Waals surface area contributed by atoms with Gasteiger partial charge in [-0.2, -0.15) is 0 Å². The molecule has 0 aliphatic carbocycles. The fraction of sp³-hybridized carbons (Fsp3) is 0.333. The molecule has 0 fully saturated rings. The first-order chi connectivity index (χ1) is 6.27. The predicted octanol–water partition coefficient (Wildman–Crippen LogP) is 1.46. The van der Waals surface area contributed by atoms with Crippen molar-refractivity contribution in [2.24, 2.45) is 5.16 Å². The Bertz CT molecular complexity index is 293. The molecule has 0 aromatic carbocycles. The smallest absolute Gasteiger partial charge is 0.212 e. The van der Waals surface area contributed by atoms with Crippen LogP contribution in [0.4, 0.5) is 0 Å². The predicted molar refractivity (Wildman–Crippen MR) is 50.0 cm³/mol. The average molecular weight is 180 g/mol. The van der Waals surface area contributed by atoms with Crippen molar-refractivity contribution >= 4 is 5.71 Å².